The van der Waals surface area contributed by atoms with E-state index in [0.29, 0.717) is 0 Å². The first-order chi connectivity index (χ1) is 8.22. The summed E-state index contributed by atoms with van der Waals surface area (Å²) in [5.41, 5.74) is 2.26. The van der Waals surface area contributed by atoms with Crippen molar-refractivity contribution in [2.75, 3.05) is 0 Å². The van der Waals surface area contributed by atoms with Gasteiger partial charge < -0.3 is 4.57 Å². The molecule has 17 heavy (non-hydrogen) atoms. The van der Waals surface area contributed by atoms with E-state index in [0.717, 1.165) is 22.6 Å². The molecule has 1 aromatic carbocycles. The molecule has 0 spiro atoms. The number of amides is 1. The van der Waals surface area contributed by atoms with Crippen molar-refractivity contribution >= 4 is 17.2 Å². The maximum atomic E-state index is 11.1. The Balaban J connectivity index is 2.58. The third-order valence-corrected chi connectivity index (χ3v) is 3.30. The van der Waals surface area contributed by atoms with E-state index >= 15 is 0 Å². The predicted molar refractivity (Wildman–Crippen MR) is 69.7 cm³/mol. The zero-order valence-corrected chi connectivity index (χ0v) is 10.7. The fraction of sp³-hybridized carbons (Fsp3) is 0.231. The SMILES string of the molecule is CCn1c(-c2ccccc2)csc1=NC(C)=O. The summed E-state index contributed by atoms with van der Waals surface area (Å²) in [7, 11) is 0. The molecule has 0 radical (unpaired) electrons. The van der Waals surface area contributed by atoms with Crippen LogP contribution in [-0.2, 0) is 11.3 Å². The first kappa shape index (κ1) is 11.8. The van der Waals surface area contributed by atoms with Crippen molar-refractivity contribution in [3.05, 3.63) is 40.5 Å². The molecule has 0 aliphatic rings. The van der Waals surface area contributed by atoms with Gasteiger partial charge in [-0.1, -0.05) is 30.3 Å². The second kappa shape index (κ2) is 5.10. The molecule has 0 fully saturated rings. The molecular weight excluding hydrogens is 232 g/mol. The van der Waals surface area contributed by atoms with Crippen LogP contribution in [0.15, 0.2) is 40.7 Å². The monoisotopic (exact) mass is 246 g/mol. The van der Waals surface area contributed by atoms with Crippen LogP contribution in [0.25, 0.3) is 11.3 Å². The molecular formula is C13H14N2OS. The Bertz CT molecular complexity index is 581. The van der Waals surface area contributed by atoms with Crippen molar-refractivity contribution in [3.63, 3.8) is 0 Å². The van der Waals surface area contributed by atoms with Gasteiger partial charge in [-0.2, -0.15) is 4.99 Å². The molecule has 0 saturated heterocycles. The minimum absolute atomic E-state index is 0.159. The predicted octanol–water partition coefficient (Wildman–Crippen LogP) is 2.68. The Hall–Kier alpha value is -1.68. The van der Waals surface area contributed by atoms with Crippen molar-refractivity contribution in [2.45, 2.75) is 20.4 Å². The van der Waals surface area contributed by atoms with E-state index in [9.17, 15) is 4.79 Å². The lowest BCUT2D eigenvalue weighted by molar-refractivity contribution is -0.116. The molecule has 0 aliphatic carbocycles. The van der Waals surface area contributed by atoms with E-state index in [4.69, 9.17) is 0 Å². The van der Waals surface area contributed by atoms with E-state index in [1.165, 1.54) is 18.3 Å². The Morgan fingerprint density at radius 1 is 1.35 bits per heavy atom. The Morgan fingerprint density at radius 3 is 2.65 bits per heavy atom. The molecule has 0 unspecified atom stereocenters. The number of nitrogens with zero attached hydrogens (tertiary/aromatic N) is 2. The van der Waals surface area contributed by atoms with Gasteiger partial charge in [0.05, 0.1) is 5.69 Å². The topological polar surface area (TPSA) is 34.4 Å². The van der Waals surface area contributed by atoms with Crippen molar-refractivity contribution in [1.82, 2.24) is 4.57 Å². The van der Waals surface area contributed by atoms with E-state index in [1.54, 1.807) is 0 Å². The maximum Gasteiger partial charge on any atom is 0.245 e. The van der Waals surface area contributed by atoms with E-state index in [-0.39, 0.29) is 5.91 Å². The van der Waals surface area contributed by atoms with Gasteiger partial charge in [-0.25, -0.2) is 0 Å². The second-order valence-corrected chi connectivity index (χ2v) is 4.48. The average Bonchev–Trinajstić information content (AvgIpc) is 2.72. The van der Waals surface area contributed by atoms with Crippen LogP contribution in [-0.4, -0.2) is 10.5 Å². The van der Waals surface area contributed by atoms with E-state index < -0.39 is 0 Å². The van der Waals surface area contributed by atoms with Crippen LogP contribution in [0.3, 0.4) is 0 Å². The summed E-state index contributed by atoms with van der Waals surface area (Å²) >= 11 is 1.50. The van der Waals surface area contributed by atoms with Gasteiger partial charge in [0.15, 0.2) is 4.80 Å². The van der Waals surface area contributed by atoms with Gasteiger partial charge >= 0.3 is 0 Å². The fourth-order valence-electron chi connectivity index (χ4n) is 1.70. The molecule has 0 atom stereocenters. The van der Waals surface area contributed by atoms with Crippen LogP contribution in [0.1, 0.15) is 13.8 Å². The number of benzene rings is 1. The number of carbonyl (C=O) groups excluding carboxylic acids is 1. The lowest BCUT2D eigenvalue weighted by atomic mass is 10.2. The zero-order chi connectivity index (χ0) is 12.3. The highest BCUT2D eigenvalue weighted by molar-refractivity contribution is 7.07. The quantitative estimate of drug-likeness (QED) is 0.802. The molecule has 4 heteroatoms. The van der Waals surface area contributed by atoms with Gasteiger partial charge in [0.25, 0.3) is 0 Å². The van der Waals surface area contributed by atoms with Crippen molar-refractivity contribution < 1.29 is 4.79 Å². The summed E-state index contributed by atoms with van der Waals surface area (Å²) in [5, 5.41) is 2.04. The summed E-state index contributed by atoms with van der Waals surface area (Å²) in [6, 6.07) is 10.1. The van der Waals surface area contributed by atoms with E-state index in [2.05, 4.69) is 28.6 Å². The Labute approximate surface area is 104 Å². The van der Waals surface area contributed by atoms with Crippen LogP contribution in [0.5, 0.6) is 0 Å². The van der Waals surface area contributed by atoms with Gasteiger partial charge in [-0.3, -0.25) is 4.79 Å². The van der Waals surface area contributed by atoms with Crippen molar-refractivity contribution in [1.29, 1.82) is 0 Å². The van der Waals surface area contributed by atoms with Crippen LogP contribution in [0.2, 0.25) is 0 Å². The van der Waals surface area contributed by atoms with Gasteiger partial charge in [-0.05, 0) is 12.5 Å². The molecule has 0 N–H and O–H groups in total. The molecule has 1 amide bonds. The van der Waals surface area contributed by atoms with E-state index in [1.807, 2.05) is 23.6 Å². The molecule has 0 saturated carbocycles. The molecule has 2 aromatic rings. The van der Waals surface area contributed by atoms with Crippen LogP contribution < -0.4 is 4.80 Å². The van der Waals surface area contributed by atoms with Gasteiger partial charge in [-0.15, -0.1) is 11.3 Å². The maximum absolute atomic E-state index is 11.1. The largest absolute Gasteiger partial charge is 0.317 e. The van der Waals surface area contributed by atoms with Gasteiger partial charge in [0, 0.05) is 18.8 Å². The Morgan fingerprint density at radius 2 is 2.06 bits per heavy atom. The smallest absolute Gasteiger partial charge is 0.245 e. The van der Waals surface area contributed by atoms with Crippen LogP contribution >= 0.6 is 11.3 Å². The lowest BCUT2D eigenvalue weighted by Gasteiger charge is -2.05. The molecule has 0 bridgehead atoms. The summed E-state index contributed by atoms with van der Waals surface area (Å²) in [4.78, 5) is 15.8. The lowest BCUT2D eigenvalue weighted by Crippen LogP contribution is -2.16. The normalized spacial score (nSPS) is 11.8. The number of aromatic nitrogens is 1. The third-order valence-electron chi connectivity index (χ3n) is 2.44. The van der Waals surface area contributed by atoms with Gasteiger partial charge in [0.1, 0.15) is 0 Å². The zero-order valence-electron chi connectivity index (χ0n) is 9.88. The minimum Gasteiger partial charge on any atom is -0.317 e. The molecule has 88 valence electrons. The molecule has 2 rings (SSSR count). The number of carbonyl (C=O) groups is 1. The van der Waals surface area contributed by atoms with Gasteiger partial charge in [0.2, 0.25) is 5.91 Å². The minimum atomic E-state index is -0.159. The molecule has 1 aromatic heterocycles. The first-order valence-electron chi connectivity index (χ1n) is 5.51. The Kier molecular flexibility index (Phi) is 3.54. The van der Waals surface area contributed by atoms with Crippen LogP contribution in [0.4, 0.5) is 0 Å². The highest BCUT2D eigenvalue weighted by Gasteiger charge is 2.06. The number of hydrogen-bond donors (Lipinski definition) is 0. The summed E-state index contributed by atoms with van der Waals surface area (Å²) in [6.07, 6.45) is 0. The highest BCUT2D eigenvalue weighted by Crippen LogP contribution is 2.19. The number of hydrogen-bond acceptors (Lipinski definition) is 2. The first-order valence-corrected chi connectivity index (χ1v) is 6.39. The molecule has 3 nitrogen and oxygen atoms in total. The average molecular weight is 246 g/mol. The number of rotatable bonds is 2. The second-order valence-electron chi connectivity index (χ2n) is 3.64. The number of thiazole rings is 1. The molecule has 1 heterocycles. The van der Waals surface area contributed by atoms with Crippen molar-refractivity contribution in [3.8, 4) is 11.3 Å². The molecule has 0 aliphatic heterocycles. The fourth-order valence-corrected chi connectivity index (χ4v) is 2.71. The summed E-state index contributed by atoms with van der Waals surface area (Å²) < 4.78 is 2.06. The highest BCUT2D eigenvalue weighted by atomic mass is 32.1. The van der Waals surface area contributed by atoms with Crippen molar-refractivity contribution in [2.24, 2.45) is 4.99 Å². The third kappa shape index (κ3) is 2.53. The summed E-state index contributed by atoms with van der Waals surface area (Å²) in [6.45, 7) is 4.33. The summed E-state index contributed by atoms with van der Waals surface area (Å²) in [5.74, 6) is -0.159. The van der Waals surface area contributed by atoms with Crippen LogP contribution in [0, 0.1) is 0 Å². The standard InChI is InChI=1S/C13H14N2OS/c1-3-15-12(11-7-5-4-6-8-11)9-17-13(15)14-10(2)16/h4-9H,3H2,1-2H3.